The number of Topliss-reactive ketones (excluding diaryl/α,β-unsaturated/α-hetero) is 1. The molecular formula is C31H46O4. The van der Waals surface area contributed by atoms with Gasteiger partial charge >= 0.3 is 0 Å². The van der Waals surface area contributed by atoms with Gasteiger partial charge in [0.05, 0.1) is 7.11 Å². The van der Waals surface area contributed by atoms with Gasteiger partial charge in [-0.1, -0.05) is 38.7 Å². The summed E-state index contributed by atoms with van der Waals surface area (Å²) >= 11 is 0. The normalized spacial score (nSPS) is 34.2. The van der Waals surface area contributed by atoms with Crippen molar-refractivity contribution in [3.63, 3.8) is 0 Å². The molecule has 4 heteroatoms. The number of carbonyl (C=O) groups excluding carboxylic acids is 1. The Balaban J connectivity index is 1.07. The largest absolute Gasteiger partial charge is 0.497 e. The summed E-state index contributed by atoms with van der Waals surface area (Å²) in [6.45, 7) is 3.99. The first-order valence-corrected chi connectivity index (χ1v) is 14.5. The van der Waals surface area contributed by atoms with Gasteiger partial charge in [0.25, 0.3) is 0 Å². The molecule has 0 amide bonds. The van der Waals surface area contributed by atoms with E-state index >= 15 is 0 Å². The maximum atomic E-state index is 13.6. The van der Waals surface area contributed by atoms with E-state index in [1.54, 1.807) is 12.7 Å². The molecule has 0 radical (unpaired) electrons. The molecule has 1 heterocycles. The zero-order chi connectivity index (χ0) is 24.3. The highest BCUT2D eigenvalue weighted by atomic mass is 16.7. The van der Waals surface area contributed by atoms with Gasteiger partial charge in [0.15, 0.2) is 6.29 Å². The van der Waals surface area contributed by atoms with Crippen molar-refractivity contribution in [2.24, 2.45) is 23.2 Å². The van der Waals surface area contributed by atoms with Gasteiger partial charge < -0.3 is 14.2 Å². The van der Waals surface area contributed by atoms with E-state index in [0.717, 1.165) is 57.5 Å². The number of fused-ring (bicyclic) bond motifs is 5. The zero-order valence-electron chi connectivity index (χ0n) is 22.1. The van der Waals surface area contributed by atoms with Gasteiger partial charge in [-0.2, -0.15) is 0 Å². The summed E-state index contributed by atoms with van der Waals surface area (Å²) in [6, 6.07) is 6.69. The second-order valence-corrected chi connectivity index (χ2v) is 12.0. The molecule has 0 aromatic heterocycles. The lowest BCUT2D eigenvalue weighted by Gasteiger charge is -2.48. The fourth-order valence-electron chi connectivity index (χ4n) is 7.96. The smallest absolute Gasteiger partial charge is 0.157 e. The molecule has 0 bridgehead atoms. The Labute approximate surface area is 212 Å². The fraction of sp³-hybridized carbons (Fsp3) is 0.774. The van der Waals surface area contributed by atoms with Crippen LogP contribution in [0.15, 0.2) is 18.2 Å². The number of benzene rings is 1. The number of hydrogen-bond donors (Lipinski definition) is 0. The number of ketones is 1. The van der Waals surface area contributed by atoms with Gasteiger partial charge in [0, 0.05) is 24.5 Å². The van der Waals surface area contributed by atoms with E-state index in [0.29, 0.717) is 29.5 Å². The Hall–Kier alpha value is -1.39. The minimum absolute atomic E-state index is 0.0436. The molecule has 0 spiro atoms. The molecule has 4 aliphatic rings. The van der Waals surface area contributed by atoms with E-state index in [9.17, 15) is 4.79 Å². The number of ether oxygens (including phenoxy) is 3. The minimum Gasteiger partial charge on any atom is -0.497 e. The summed E-state index contributed by atoms with van der Waals surface area (Å²) in [5.41, 5.74) is 2.94. The Morgan fingerprint density at radius 3 is 2.74 bits per heavy atom. The van der Waals surface area contributed by atoms with Crippen molar-refractivity contribution in [2.75, 3.05) is 20.3 Å². The van der Waals surface area contributed by atoms with Crippen molar-refractivity contribution in [2.45, 2.75) is 109 Å². The fourth-order valence-corrected chi connectivity index (χ4v) is 7.96. The third kappa shape index (κ3) is 5.34. The van der Waals surface area contributed by atoms with Crippen LogP contribution in [0.25, 0.3) is 0 Å². The van der Waals surface area contributed by atoms with Crippen LogP contribution in [0.2, 0.25) is 0 Å². The molecule has 2 saturated carbocycles. The summed E-state index contributed by atoms with van der Waals surface area (Å²) in [7, 11) is 1.76. The molecule has 0 N–H and O–H groups in total. The first-order chi connectivity index (χ1) is 17.1. The lowest BCUT2D eigenvalue weighted by Crippen LogP contribution is -2.42. The second-order valence-electron chi connectivity index (χ2n) is 12.0. The number of hydrogen-bond acceptors (Lipinski definition) is 4. The quantitative estimate of drug-likeness (QED) is 0.330. The van der Waals surface area contributed by atoms with Gasteiger partial charge in [0.1, 0.15) is 11.5 Å². The average molecular weight is 483 g/mol. The summed E-state index contributed by atoms with van der Waals surface area (Å²) in [6.07, 6.45) is 16.4. The van der Waals surface area contributed by atoms with Crippen LogP contribution in [0.1, 0.15) is 107 Å². The van der Waals surface area contributed by atoms with E-state index in [1.165, 1.54) is 56.9 Å². The van der Waals surface area contributed by atoms with E-state index < -0.39 is 0 Å². The first kappa shape index (κ1) is 25.3. The van der Waals surface area contributed by atoms with E-state index in [2.05, 4.69) is 25.1 Å². The third-order valence-electron chi connectivity index (χ3n) is 9.93. The SMILES string of the molecule is COc1ccc2c(c1)CC[C@@H]1[C@@H]2CC[C@]2(C)C(=O)[C@@H](CCCCCCCOC3CCCCO3)C[C@@H]12. The first-order valence-electron chi connectivity index (χ1n) is 14.5. The molecule has 1 saturated heterocycles. The third-order valence-corrected chi connectivity index (χ3v) is 9.93. The Kier molecular flexibility index (Phi) is 8.18. The standard InChI is InChI=1S/C31H46O4/c1-31-17-16-26-25-15-13-24(33-2)20-22(25)12-14-27(26)28(31)21-23(30(31)32)10-6-4-3-5-8-18-34-29-11-7-9-19-35-29/h13,15,20,23,26-29H,3-12,14,16-19,21H2,1-2H3/t23-,26+,27+,28-,29?,31-/m0/s1. The van der Waals surface area contributed by atoms with Crippen molar-refractivity contribution < 1.29 is 19.0 Å². The lowest BCUT2D eigenvalue weighted by atomic mass is 9.55. The van der Waals surface area contributed by atoms with Crippen LogP contribution in [-0.2, 0) is 20.7 Å². The van der Waals surface area contributed by atoms with E-state index in [-0.39, 0.29) is 11.7 Å². The zero-order valence-corrected chi connectivity index (χ0v) is 22.1. The highest BCUT2D eigenvalue weighted by Gasteiger charge is 2.57. The topological polar surface area (TPSA) is 44.8 Å². The maximum Gasteiger partial charge on any atom is 0.157 e. The summed E-state index contributed by atoms with van der Waals surface area (Å²) in [5, 5.41) is 0. The van der Waals surface area contributed by atoms with Gasteiger partial charge in [-0.25, -0.2) is 0 Å². The summed E-state index contributed by atoms with van der Waals surface area (Å²) in [4.78, 5) is 13.6. The molecule has 1 aliphatic heterocycles. The highest BCUT2D eigenvalue weighted by Crippen LogP contribution is 2.61. The predicted octanol–water partition coefficient (Wildman–Crippen LogP) is 7.23. The van der Waals surface area contributed by atoms with Gasteiger partial charge in [-0.05, 0) is 105 Å². The lowest BCUT2D eigenvalue weighted by molar-refractivity contribution is -0.162. The molecule has 1 unspecified atom stereocenters. The molecule has 194 valence electrons. The summed E-state index contributed by atoms with van der Waals surface area (Å²) in [5.74, 6) is 3.76. The molecule has 4 nitrogen and oxygen atoms in total. The molecule has 3 fully saturated rings. The van der Waals surface area contributed by atoms with E-state index in [1.807, 2.05) is 0 Å². The minimum atomic E-state index is -0.0751. The molecule has 1 aromatic carbocycles. The van der Waals surface area contributed by atoms with Gasteiger partial charge in [-0.15, -0.1) is 0 Å². The van der Waals surface area contributed by atoms with Crippen molar-refractivity contribution in [1.29, 1.82) is 0 Å². The van der Waals surface area contributed by atoms with Crippen molar-refractivity contribution in [1.82, 2.24) is 0 Å². The van der Waals surface area contributed by atoms with Crippen molar-refractivity contribution in [3.8, 4) is 5.75 Å². The average Bonchev–Trinajstić information content (AvgIpc) is 3.15. The Morgan fingerprint density at radius 1 is 1.06 bits per heavy atom. The van der Waals surface area contributed by atoms with Crippen LogP contribution < -0.4 is 4.74 Å². The van der Waals surface area contributed by atoms with Gasteiger partial charge in [0.2, 0.25) is 0 Å². The van der Waals surface area contributed by atoms with Crippen LogP contribution in [0.4, 0.5) is 0 Å². The molecule has 35 heavy (non-hydrogen) atoms. The number of methoxy groups -OCH3 is 1. The second kappa shape index (κ2) is 11.3. The Morgan fingerprint density at radius 2 is 1.91 bits per heavy atom. The van der Waals surface area contributed by atoms with E-state index in [4.69, 9.17) is 14.2 Å². The molecular weight excluding hydrogens is 436 g/mol. The van der Waals surface area contributed by atoms with Crippen LogP contribution in [0.3, 0.4) is 0 Å². The Bertz CT molecular complexity index is 860. The summed E-state index contributed by atoms with van der Waals surface area (Å²) < 4.78 is 17.0. The maximum absolute atomic E-state index is 13.6. The number of rotatable bonds is 10. The van der Waals surface area contributed by atoms with Crippen LogP contribution in [-0.4, -0.2) is 32.4 Å². The molecule has 1 aromatic rings. The van der Waals surface area contributed by atoms with Crippen LogP contribution in [0.5, 0.6) is 5.75 Å². The van der Waals surface area contributed by atoms with Crippen LogP contribution >= 0.6 is 0 Å². The molecule has 6 atom stereocenters. The predicted molar refractivity (Wildman–Crippen MR) is 139 cm³/mol. The number of carbonyl (C=O) groups is 1. The van der Waals surface area contributed by atoms with Gasteiger partial charge in [-0.3, -0.25) is 4.79 Å². The van der Waals surface area contributed by atoms with Crippen molar-refractivity contribution in [3.05, 3.63) is 29.3 Å². The van der Waals surface area contributed by atoms with Crippen molar-refractivity contribution >= 4 is 5.78 Å². The number of unbranched alkanes of at least 4 members (excludes halogenated alkanes) is 4. The highest BCUT2D eigenvalue weighted by molar-refractivity contribution is 5.89. The van der Waals surface area contributed by atoms with Crippen LogP contribution in [0, 0.1) is 23.2 Å². The monoisotopic (exact) mass is 482 g/mol. The molecule has 5 rings (SSSR count). The molecule has 3 aliphatic carbocycles. The number of aryl methyl sites for hydroxylation is 1.